The fourth-order valence-corrected chi connectivity index (χ4v) is 0.927. The van der Waals surface area contributed by atoms with Crippen LogP contribution in [0.25, 0.3) is 0 Å². The van der Waals surface area contributed by atoms with Gasteiger partial charge in [0.15, 0.2) is 0 Å². The summed E-state index contributed by atoms with van der Waals surface area (Å²) in [6.07, 6.45) is -0.345. The molecule has 6 heteroatoms. The van der Waals surface area contributed by atoms with Crippen molar-refractivity contribution in [2.45, 2.75) is 13.3 Å². The monoisotopic (exact) mass is 196 g/mol. The molecule has 1 N–H and O–H groups in total. The number of esters is 1. The van der Waals surface area contributed by atoms with E-state index >= 15 is 0 Å². The van der Waals surface area contributed by atoms with E-state index in [2.05, 4.69) is 9.73 Å². The van der Waals surface area contributed by atoms with Crippen LogP contribution in [0.3, 0.4) is 0 Å². The number of Topliss-reactive ketones (excluding diaryl/α,β-unsaturated/α-hetero) is 1. The van der Waals surface area contributed by atoms with Crippen LogP contribution in [0.15, 0.2) is 4.99 Å². The fourth-order valence-electron chi connectivity index (χ4n) is 0.927. The van der Waals surface area contributed by atoms with E-state index in [0.29, 0.717) is 0 Å². The Kier molecular flexibility index (Phi) is 2.85. The van der Waals surface area contributed by atoms with E-state index in [1.54, 1.807) is 6.92 Å². The Morgan fingerprint density at radius 1 is 1.57 bits per heavy atom. The number of amides is 1. The third-order valence-corrected chi connectivity index (χ3v) is 1.52. The van der Waals surface area contributed by atoms with E-state index in [1.165, 1.54) is 0 Å². The lowest BCUT2D eigenvalue weighted by Gasteiger charge is -2.08. The molecule has 6 nitrogen and oxygen atoms in total. The van der Waals surface area contributed by atoms with Crippen LogP contribution in [0.2, 0.25) is 0 Å². The van der Waals surface area contributed by atoms with Crippen molar-refractivity contribution in [3.8, 4) is 0 Å². The number of rotatable bonds is 2. The van der Waals surface area contributed by atoms with Crippen molar-refractivity contribution >= 4 is 29.1 Å². The minimum atomic E-state index is -0.949. The molecule has 0 aromatic rings. The standard InChI is InChI=1S/C8H8N2O4/c1-2-14-8(13)6-7(12)4(9)3-5(11)10-6/h9H,2-3H2,1H3. The molecule has 1 aliphatic rings. The lowest BCUT2D eigenvalue weighted by molar-refractivity contribution is -0.136. The largest absolute Gasteiger partial charge is 0.461 e. The van der Waals surface area contributed by atoms with Gasteiger partial charge in [0, 0.05) is 0 Å². The Morgan fingerprint density at radius 2 is 2.21 bits per heavy atom. The maximum absolute atomic E-state index is 11.2. The third-order valence-electron chi connectivity index (χ3n) is 1.52. The van der Waals surface area contributed by atoms with Gasteiger partial charge in [0.25, 0.3) is 5.91 Å². The Bertz CT molecular complexity index is 356. The average Bonchev–Trinajstić information content (AvgIpc) is 2.11. The highest BCUT2D eigenvalue weighted by atomic mass is 16.5. The number of ketones is 1. The predicted molar refractivity (Wildman–Crippen MR) is 46.4 cm³/mol. The normalized spacial score (nSPS) is 16.6. The Labute approximate surface area is 79.5 Å². The highest BCUT2D eigenvalue weighted by Crippen LogP contribution is 2.02. The third kappa shape index (κ3) is 1.90. The first-order chi connectivity index (χ1) is 6.56. The fraction of sp³-hybridized carbons (Fsp3) is 0.375. The quantitative estimate of drug-likeness (QED) is 0.602. The van der Waals surface area contributed by atoms with Crippen LogP contribution in [-0.2, 0) is 19.1 Å². The summed E-state index contributed by atoms with van der Waals surface area (Å²) in [5.41, 5.74) is -1.01. The minimum Gasteiger partial charge on any atom is -0.461 e. The highest BCUT2D eigenvalue weighted by Gasteiger charge is 2.31. The molecule has 74 valence electrons. The Balaban J connectivity index is 2.96. The molecule has 0 radical (unpaired) electrons. The summed E-state index contributed by atoms with van der Waals surface area (Å²) in [7, 11) is 0. The highest BCUT2D eigenvalue weighted by molar-refractivity contribution is 6.81. The first kappa shape index (κ1) is 10.2. The first-order valence-corrected chi connectivity index (χ1v) is 3.97. The molecule has 1 aliphatic heterocycles. The Hall–Kier alpha value is -1.85. The van der Waals surface area contributed by atoms with Gasteiger partial charge in [-0.2, -0.15) is 0 Å². The van der Waals surface area contributed by atoms with Gasteiger partial charge in [0.05, 0.1) is 18.7 Å². The molecule has 0 fully saturated rings. The molecular formula is C8H8N2O4. The van der Waals surface area contributed by atoms with Crippen molar-refractivity contribution in [2.24, 2.45) is 4.99 Å². The molecule has 0 unspecified atom stereocenters. The summed E-state index contributed by atoms with van der Waals surface area (Å²) in [6.45, 7) is 1.66. The van der Waals surface area contributed by atoms with Crippen molar-refractivity contribution in [1.29, 1.82) is 5.41 Å². The van der Waals surface area contributed by atoms with Crippen LogP contribution in [0, 0.1) is 5.41 Å². The molecule has 14 heavy (non-hydrogen) atoms. The van der Waals surface area contributed by atoms with Crippen molar-refractivity contribution in [1.82, 2.24) is 0 Å². The van der Waals surface area contributed by atoms with Crippen LogP contribution < -0.4 is 0 Å². The minimum absolute atomic E-state index is 0.0899. The zero-order valence-electron chi connectivity index (χ0n) is 7.49. The number of carbonyl (C=O) groups excluding carboxylic acids is 3. The summed E-state index contributed by atoms with van der Waals surface area (Å²) in [5.74, 6) is -2.45. The molecule has 0 atom stereocenters. The van der Waals surface area contributed by atoms with Gasteiger partial charge < -0.3 is 10.1 Å². The number of hydrogen-bond acceptors (Lipinski definition) is 5. The average molecular weight is 196 g/mol. The van der Waals surface area contributed by atoms with Gasteiger partial charge in [0.1, 0.15) is 0 Å². The van der Waals surface area contributed by atoms with Gasteiger partial charge in [-0.05, 0) is 6.92 Å². The predicted octanol–water partition coefficient (Wildman–Crippen LogP) is -0.490. The summed E-state index contributed by atoms with van der Waals surface area (Å²) < 4.78 is 4.51. The van der Waals surface area contributed by atoms with E-state index in [1.807, 2.05) is 0 Å². The molecule has 0 spiro atoms. The van der Waals surface area contributed by atoms with Crippen LogP contribution in [-0.4, -0.2) is 35.7 Å². The maximum Gasteiger partial charge on any atom is 0.361 e. The van der Waals surface area contributed by atoms with Gasteiger partial charge >= 0.3 is 5.97 Å². The second-order valence-electron chi connectivity index (χ2n) is 2.56. The second kappa shape index (κ2) is 3.91. The molecule has 0 saturated carbocycles. The SMILES string of the molecule is CCOC(=O)C1=NC(=O)CC(=N)C1=O. The molecule has 1 rings (SSSR count). The molecule has 0 aromatic carbocycles. The van der Waals surface area contributed by atoms with Crippen LogP contribution >= 0.6 is 0 Å². The molecule has 0 aromatic heterocycles. The van der Waals surface area contributed by atoms with E-state index in [9.17, 15) is 14.4 Å². The van der Waals surface area contributed by atoms with Gasteiger partial charge in [0.2, 0.25) is 11.5 Å². The number of hydrogen-bond donors (Lipinski definition) is 1. The summed E-state index contributed by atoms with van der Waals surface area (Å²) in [6, 6.07) is 0. The number of carbonyl (C=O) groups is 3. The van der Waals surface area contributed by atoms with Gasteiger partial charge in [-0.25, -0.2) is 9.79 Å². The van der Waals surface area contributed by atoms with Crippen LogP contribution in [0.5, 0.6) is 0 Å². The molecule has 0 bridgehead atoms. The van der Waals surface area contributed by atoms with E-state index < -0.39 is 29.1 Å². The van der Waals surface area contributed by atoms with Crippen molar-refractivity contribution in [3.05, 3.63) is 0 Å². The van der Waals surface area contributed by atoms with Crippen LogP contribution in [0.4, 0.5) is 0 Å². The van der Waals surface area contributed by atoms with Crippen LogP contribution in [0.1, 0.15) is 13.3 Å². The summed E-state index contributed by atoms with van der Waals surface area (Å²) in [5, 5.41) is 7.12. The molecule has 1 amide bonds. The zero-order valence-corrected chi connectivity index (χ0v) is 7.49. The first-order valence-electron chi connectivity index (χ1n) is 3.97. The number of nitrogens with one attached hydrogen (secondary N) is 1. The topological polar surface area (TPSA) is 96.7 Å². The van der Waals surface area contributed by atoms with E-state index in [4.69, 9.17) is 5.41 Å². The van der Waals surface area contributed by atoms with E-state index in [-0.39, 0.29) is 13.0 Å². The van der Waals surface area contributed by atoms with Crippen molar-refractivity contribution < 1.29 is 19.1 Å². The maximum atomic E-state index is 11.2. The molecular weight excluding hydrogens is 188 g/mol. The van der Waals surface area contributed by atoms with E-state index in [0.717, 1.165) is 0 Å². The van der Waals surface area contributed by atoms with Gasteiger partial charge in [-0.15, -0.1) is 0 Å². The van der Waals surface area contributed by atoms with Crippen molar-refractivity contribution in [2.75, 3.05) is 6.61 Å². The Morgan fingerprint density at radius 3 is 2.79 bits per heavy atom. The lowest BCUT2D eigenvalue weighted by Crippen LogP contribution is -2.37. The molecule has 0 saturated heterocycles. The number of aliphatic imine (C=N–C) groups is 1. The van der Waals surface area contributed by atoms with Gasteiger partial charge in [-0.1, -0.05) is 0 Å². The lowest BCUT2D eigenvalue weighted by atomic mass is 10.1. The number of ether oxygens (including phenoxy) is 1. The second-order valence-corrected chi connectivity index (χ2v) is 2.56. The summed E-state index contributed by atoms with van der Waals surface area (Å²) in [4.78, 5) is 36.4. The molecule has 0 aliphatic carbocycles. The van der Waals surface area contributed by atoms with Gasteiger partial charge in [-0.3, -0.25) is 9.59 Å². The smallest absolute Gasteiger partial charge is 0.361 e. The number of nitrogens with zero attached hydrogens (tertiary/aromatic N) is 1. The van der Waals surface area contributed by atoms with Crippen molar-refractivity contribution in [3.63, 3.8) is 0 Å². The zero-order chi connectivity index (χ0) is 10.7. The summed E-state index contributed by atoms with van der Waals surface area (Å²) >= 11 is 0. The molecule has 1 heterocycles.